The zero-order valence-corrected chi connectivity index (χ0v) is 17.8. The van der Waals surface area contributed by atoms with Crippen LogP contribution in [0.5, 0.6) is 0 Å². The van der Waals surface area contributed by atoms with E-state index in [1.165, 1.54) is 18.2 Å². The van der Waals surface area contributed by atoms with Crippen LogP contribution in [0.2, 0.25) is 0 Å². The van der Waals surface area contributed by atoms with E-state index in [2.05, 4.69) is 27.0 Å². The first-order chi connectivity index (χ1) is 15.5. The summed E-state index contributed by atoms with van der Waals surface area (Å²) in [7, 11) is 1.68. The van der Waals surface area contributed by atoms with Gasteiger partial charge in [-0.2, -0.15) is 0 Å². The van der Waals surface area contributed by atoms with Gasteiger partial charge in [-0.25, -0.2) is 9.38 Å². The molecule has 2 aromatic carbocycles. The molecular weight excluding hydrogens is 405 g/mol. The normalized spacial score (nSPS) is 16.9. The van der Waals surface area contributed by atoms with E-state index in [0.717, 1.165) is 0 Å². The number of allylic oxidation sites excluding steroid dienone is 2. The Morgan fingerprint density at radius 2 is 1.97 bits per heavy atom. The number of halogens is 1. The highest BCUT2D eigenvalue weighted by molar-refractivity contribution is 6.13. The van der Waals surface area contributed by atoms with Gasteiger partial charge < -0.3 is 5.32 Å². The highest BCUT2D eigenvalue weighted by Gasteiger charge is 2.19. The zero-order valence-electron chi connectivity index (χ0n) is 17.8. The number of rotatable bonds is 5. The fraction of sp³-hybridized carbons (Fsp3) is 0.120. The third-order valence-electron chi connectivity index (χ3n) is 5.23. The predicted molar refractivity (Wildman–Crippen MR) is 129 cm³/mol. The van der Waals surface area contributed by atoms with Crippen LogP contribution in [0.15, 0.2) is 98.0 Å². The van der Waals surface area contributed by atoms with Crippen molar-refractivity contribution in [1.29, 1.82) is 0 Å². The fourth-order valence-electron chi connectivity index (χ4n) is 3.70. The molecule has 1 N–H and O–H groups in total. The van der Waals surface area contributed by atoms with Crippen LogP contribution in [0.1, 0.15) is 18.7 Å². The number of aliphatic imine (C=N–C) groups is 3. The Labute approximate surface area is 184 Å². The van der Waals surface area contributed by atoms with Crippen LogP contribution in [0.4, 0.5) is 4.39 Å². The summed E-state index contributed by atoms with van der Waals surface area (Å²) in [5, 5.41) is 4.27. The number of nitrogens with one attached hydrogen (secondary N) is 1. The van der Waals surface area contributed by atoms with Crippen LogP contribution in [0.25, 0.3) is 16.5 Å². The molecule has 32 heavy (non-hydrogen) atoms. The zero-order chi connectivity index (χ0) is 22.7. The van der Waals surface area contributed by atoms with E-state index in [-0.39, 0.29) is 11.6 Å². The predicted octanol–water partition coefficient (Wildman–Crippen LogP) is 4.36. The number of pyridine rings is 1. The van der Waals surface area contributed by atoms with Gasteiger partial charge in [0.2, 0.25) is 0 Å². The lowest BCUT2D eigenvalue weighted by atomic mass is 10.1. The lowest BCUT2D eigenvalue weighted by Gasteiger charge is -2.22. The minimum atomic E-state index is -0.399. The van der Waals surface area contributed by atoms with Crippen LogP contribution < -0.4 is 10.9 Å². The Morgan fingerprint density at radius 3 is 2.69 bits per heavy atom. The van der Waals surface area contributed by atoms with Gasteiger partial charge in [0, 0.05) is 30.0 Å². The maximum atomic E-state index is 13.9. The Bertz CT molecular complexity index is 1370. The van der Waals surface area contributed by atoms with Gasteiger partial charge >= 0.3 is 0 Å². The molecule has 1 aliphatic rings. The summed E-state index contributed by atoms with van der Waals surface area (Å²) in [5.74, 6) is 0.0358. The smallest absolute Gasteiger partial charge is 0.263 e. The third-order valence-corrected chi connectivity index (χ3v) is 5.23. The first-order valence-corrected chi connectivity index (χ1v) is 10.1. The highest BCUT2D eigenvalue weighted by atomic mass is 19.1. The van der Waals surface area contributed by atoms with Crippen molar-refractivity contribution in [2.24, 2.45) is 15.0 Å². The van der Waals surface area contributed by atoms with Crippen molar-refractivity contribution in [3.05, 3.63) is 100 Å². The maximum Gasteiger partial charge on any atom is 0.263 e. The summed E-state index contributed by atoms with van der Waals surface area (Å²) in [4.78, 5) is 26.2. The number of dihydropyridines is 1. The van der Waals surface area contributed by atoms with Gasteiger partial charge in [-0.15, -0.1) is 0 Å². The van der Waals surface area contributed by atoms with Crippen LogP contribution in [-0.4, -0.2) is 30.3 Å². The largest absolute Gasteiger partial charge is 0.360 e. The molecule has 1 aromatic heterocycles. The molecule has 0 spiro atoms. The SMILES string of the molecule is C=N/C(N[C@@H](C)c1cc2cc(F)ccc2c(=O)n1-c1ccccc1)=C1/N=CC=C/C1=N/C. The summed E-state index contributed by atoms with van der Waals surface area (Å²) in [6.07, 6.45) is 5.28. The van der Waals surface area contributed by atoms with E-state index in [9.17, 15) is 9.18 Å². The number of hydrogen-bond acceptors (Lipinski definition) is 5. The van der Waals surface area contributed by atoms with E-state index in [0.29, 0.717) is 39.4 Å². The number of fused-ring (bicyclic) bond motifs is 1. The quantitative estimate of drug-likeness (QED) is 0.615. The molecule has 0 bridgehead atoms. The average Bonchev–Trinajstić information content (AvgIpc) is 2.82. The minimum absolute atomic E-state index is 0.229. The standard InChI is InChI=1S/C25H22FN5O/c1-16(30-24(28-3)23-21(27-2)10-7-13-29-23)22-15-17-14-18(26)11-12-20(17)25(32)31(22)19-8-5-4-6-9-19/h4-16,30H,3H2,1-2H3/b24-23-,27-21-/t16-/m0/s1. The third kappa shape index (κ3) is 3.92. The second-order valence-electron chi connectivity index (χ2n) is 7.24. The first-order valence-electron chi connectivity index (χ1n) is 10.1. The molecule has 1 atom stereocenters. The molecule has 0 aliphatic carbocycles. The molecule has 0 unspecified atom stereocenters. The summed E-state index contributed by atoms with van der Waals surface area (Å²) in [6, 6.07) is 14.9. The molecule has 3 aromatic rings. The molecule has 0 amide bonds. The minimum Gasteiger partial charge on any atom is -0.360 e. The Hall–Kier alpha value is -4.13. The number of hydrogen-bond donors (Lipinski definition) is 1. The molecule has 0 radical (unpaired) electrons. The van der Waals surface area contributed by atoms with Crippen molar-refractivity contribution in [2.45, 2.75) is 13.0 Å². The van der Waals surface area contributed by atoms with Gasteiger partial charge in [-0.05, 0) is 67.6 Å². The van der Waals surface area contributed by atoms with Crippen LogP contribution in [0.3, 0.4) is 0 Å². The van der Waals surface area contributed by atoms with Gasteiger partial charge in [0.25, 0.3) is 5.56 Å². The molecule has 4 rings (SSSR count). The van der Waals surface area contributed by atoms with Gasteiger partial charge in [0.15, 0.2) is 5.82 Å². The van der Waals surface area contributed by atoms with Crippen LogP contribution in [0, 0.1) is 5.82 Å². The molecule has 160 valence electrons. The van der Waals surface area contributed by atoms with Gasteiger partial charge in [0.05, 0.1) is 11.8 Å². The van der Waals surface area contributed by atoms with Crippen molar-refractivity contribution in [1.82, 2.24) is 9.88 Å². The summed E-state index contributed by atoms with van der Waals surface area (Å²) in [5.41, 5.74) is 2.34. The number of para-hydroxylation sites is 1. The number of aromatic nitrogens is 1. The van der Waals surface area contributed by atoms with Gasteiger partial charge in [0.1, 0.15) is 11.5 Å². The van der Waals surface area contributed by atoms with Crippen molar-refractivity contribution < 1.29 is 4.39 Å². The molecule has 1 aliphatic heterocycles. The Morgan fingerprint density at radius 1 is 1.19 bits per heavy atom. The average molecular weight is 427 g/mol. The summed E-state index contributed by atoms with van der Waals surface area (Å²) >= 11 is 0. The number of nitrogens with zero attached hydrogens (tertiary/aromatic N) is 4. The Kier molecular flexibility index (Phi) is 5.89. The van der Waals surface area contributed by atoms with E-state index in [1.807, 2.05) is 49.4 Å². The molecule has 0 saturated carbocycles. The van der Waals surface area contributed by atoms with Crippen molar-refractivity contribution in [3.63, 3.8) is 0 Å². The molecule has 7 heteroatoms. The Balaban J connectivity index is 1.89. The second kappa shape index (κ2) is 8.93. The van der Waals surface area contributed by atoms with Crippen molar-refractivity contribution >= 4 is 29.4 Å². The highest BCUT2D eigenvalue weighted by Crippen LogP contribution is 2.24. The fourth-order valence-corrected chi connectivity index (χ4v) is 3.70. The molecule has 0 saturated heterocycles. The lowest BCUT2D eigenvalue weighted by molar-refractivity contribution is 0.607. The van der Waals surface area contributed by atoms with E-state index in [4.69, 9.17) is 0 Å². The van der Waals surface area contributed by atoms with E-state index < -0.39 is 5.82 Å². The van der Waals surface area contributed by atoms with Crippen LogP contribution >= 0.6 is 0 Å². The molecular formula is C25H22FN5O. The maximum absolute atomic E-state index is 13.9. The molecule has 0 fully saturated rings. The summed E-state index contributed by atoms with van der Waals surface area (Å²) in [6.45, 7) is 5.57. The van der Waals surface area contributed by atoms with Crippen LogP contribution in [-0.2, 0) is 0 Å². The van der Waals surface area contributed by atoms with E-state index >= 15 is 0 Å². The number of benzene rings is 2. The monoisotopic (exact) mass is 427 g/mol. The van der Waals surface area contributed by atoms with Gasteiger partial charge in [-0.1, -0.05) is 18.2 Å². The molecule has 6 nitrogen and oxygen atoms in total. The molecule has 2 heterocycles. The van der Waals surface area contributed by atoms with Crippen molar-refractivity contribution in [2.75, 3.05) is 7.05 Å². The summed E-state index contributed by atoms with van der Waals surface area (Å²) < 4.78 is 15.6. The topological polar surface area (TPSA) is 71.1 Å². The van der Waals surface area contributed by atoms with E-state index in [1.54, 1.807) is 23.9 Å². The van der Waals surface area contributed by atoms with Gasteiger partial charge in [-0.3, -0.25) is 19.3 Å². The van der Waals surface area contributed by atoms with Crippen molar-refractivity contribution in [3.8, 4) is 5.69 Å². The second-order valence-corrected chi connectivity index (χ2v) is 7.24. The lowest BCUT2D eigenvalue weighted by Crippen LogP contribution is -2.29. The first kappa shape index (κ1) is 21.1.